The lowest BCUT2D eigenvalue weighted by atomic mass is 10.0. The summed E-state index contributed by atoms with van der Waals surface area (Å²) in [4.78, 5) is 18.4. The van der Waals surface area contributed by atoms with Crippen molar-refractivity contribution < 1.29 is 14.6 Å². The Labute approximate surface area is 175 Å². The first-order valence-electron chi connectivity index (χ1n) is 9.45. The Kier molecular flexibility index (Phi) is 6.45. The van der Waals surface area contributed by atoms with Gasteiger partial charge < -0.3 is 14.7 Å². The van der Waals surface area contributed by atoms with E-state index in [0.717, 1.165) is 17.5 Å². The second-order valence-corrected chi connectivity index (χ2v) is 6.91. The van der Waals surface area contributed by atoms with Crippen LogP contribution in [0.1, 0.15) is 27.9 Å². The monoisotopic (exact) mass is 405 g/mol. The lowest BCUT2D eigenvalue weighted by Crippen LogP contribution is -2.28. The molecule has 3 aromatic rings. The van der Waals surface area contributed by atoms with E-state index in [1.165, 1.54) is 10.9 Å². The summed E-state index contributed by atoms with van der Waals surface area (Å²) >= 11 is 0. The number of aromatic hydroxyl groups is 1. The first-order valence-corrected chi connectivity index (χ1v) is 9.45. The van der Waals surface area contributed by atoms with Crippen molar-refractivity contribution in [3.63, 3.8) is 0 Å². The van der Waals surface area contributed by atoms with Gasteiger partial charge in [0.1, 0.15) is 0 Å². The summed E-state index contributed by atoms with van der Waals surface area (Å²) < 4.78 is 6.32. The van der Waals surface area contributed by atoms with Gasteiger partial charge in [0.05, 0.1) is 29.0 Å². The number of carbonyl (C=O) groups is 1. The van der Waals surface area contributed by atoms with Gasteiger partial charge in [0.15, 0.2) is 5.82 Å². The summed E-state index contributed by atoms with van der Waals surface area (Å²) in [7, 11) is 3.36. The van der Waals surface area contributed by atoms with Crippen molar-refractivity contribution in [3.8, 4) is 28.9 Å². The van der Waals surface area contributed by atoms with Crippen LogP contribution in [0.4, 0.5) is 0 Å². The number of methoxy groups -OCH3 is 1. The normalized spacial score (nSPS) is 10.6. The largest absolute Gasteiger partial charge is 0.493 e. The number of aromatic nitrogens is 3. The van der Waals surface area contributed by atoms with Crippen molar-refractivity contribution >= 4 is 5.91 Å². The number of ether oxygens (including phenoxy) is 1. The number of pyridine rings is 1. The van der Waals surface area contributed by atoms with E-state index < -0.39 is 0 Å². The Morgan fingerprint density at radius 2 is 2.07 bits per heavy atom. The molecule has 1 N–H and O–H groups in total. The molecule has 3 rings (SSSR count). The van der Waals surface area contributed by atoms with Crippen LogP contribution in [0.15, 0.2) is 42.7 Å². The predicted molar refractivity (Wildman–Crippen MR) is 111 cm³/mol. The van der Waals surface area contributed by atoms with Crippen molar-refractivity contribution in [3.05, 3.63) is 59.4 Å². The fourth-order valence-corrected chi connectivity index (χ4v) is 3.14. The molecule has 0 unspecified atom stereocenters. The highest BCUT2D eigenvalue weighted by Gasteiger charge is 2.17. The van der Waals surface area contributed by atoms with Gasteiger partial charge in [-0.3, -0.25) is 4.79 Å². The highest BCUT2D eigenvalue weighted by Crippen LogP contribution is 2.33. The van der Waals surface area contributed by atoms with Crippen LogP contribution in [-0.2, 0) is 4.74 Å². The summed E-state index contributed by atoms with van der Waals surface area (Å²) in [6.45, 7) is 3.05. The summed E-state index contributed by atoms with van der Waals surface area (Å²) in [5, 5.41) is 23.9. The van der Waals surface area contributed by atoms with Crippen LogP contribution in [0.5, 0.6) is 5.88 Å². The maximum absolute atomic E-state index is 12.5. The molecule has 0 saturated carbocycles. The van der Waals surface area contributed by atoms with Gasteiger partial charge >= 0.3 is 0 Å². The van der Waals surface area contributed by atoms with E-state index in [9.17, 15) is 9.90 Å². The number of nitrogens with zero attached hydrogens (tertiary/aromatic N) is 5. The van der Waals surface area contributed by atoms with Crippen molar-refractivity contribution in [1.82, 2.24) is 19.7 Å². The molecule has 1 aromatic carbocycles. The minimum Gasteiger partial charge on any atom is -0.493 e. The van der Waals surface area contributed by atoms with E-state index in [0.29, 0.717) is 35.7 Å². The molecule has 0 radical (unpaired) electrons. The zero-order chi connectivity index (χ0) is 21.7. The average Bonchev–Trinajstić information content (AvgIpc) is 3.14. The number of benzene rings is 1. The molecule has 2 aromatic heterocycles. The van der Waals surface area contributed by atoms with Gasteiger partial charge in [-0.2, -0.15) is 15.0 Å². The second kappa shape index (κ2) is 9.20. The molecule has 0 aliphatic heterocycles. The molecular weight excluding hydrogens is 382 g/mol. The van der Waals surface area contributed by atoms with E-state index in [4.69, 9.17) is 10.00 Å². The number of hydrogen-bond acceptors (Lipinski definition) is 6. The van der Waals surface area contributed by atoms with Gasteiger partial charge in [-0.05, 0) is 48.7 Å². The summed E-state index contributed by atoms with van der Waals surface area (Å²) in [5.41, 5.74) is 3.18. The highest BCUT2D eigenvalue weighted by molar-refractivity contribution is 5.93. The zero-order valence-corrected chi connectivity index (χ0v) is 17.2. The van der Waals surface area contributed by atoms with Crippen LogP contribution < -0.4 is 0 Å². The molecule has 2 heterocycles. The quantitative estimate of drug-likeness (QED) is 0.606. The van der Waals surface area contributed by atoms with Crippen LogP contribution in [0, 0.1) is 18.3 Å². The Hall–Kier alpha value is -3.70. The molecule has 8 heteroatoms. The molecule has 0 atom stereocenters. The highest BCUT2D eigenvalue weighted by atomic mass is 16.5. The van der Waals surface area contributed by atoms with E-state index in [-0.39, 0.29) is 11.8 Å². The van der Waals surface area contributed by atoms with Crippen molar-refractivity contribution in [2.24, 2.45) is 0 Å². The second-order valence-electron chi connectivity index (χ2n) is 6.91. The predicted octanol–water partition coefficient (Wildman–Crippen LogP) is 2.93. The lowest BCUT2D eigenvalue weighted by Gasteiger charge is -2.16. The summed E-state index contributed by atoms with van der Waals surface area (Å²) in [6.07, 6.45) is 3.77. The van der Waals surface area contributed by atoms with E-state index in [1.54, 1.807) is 55.6 Å². The van der Waals surface area contributed by atoms with Crippen LogP contribution in [0.2, 0.25) is 0 Å². The third-order valence-corrected chi connectivity index (χ3v) is 4.79. The molecule has 0 saturated heterocycles. The average molecular weight is 405 g/mol. The van der Waals surface area contributed by atoms with E-state index in [2.05, 4.69) is 16.2 Å². The summed E-state index contributed by atoms with van der Waals surface area (Å²) in [5.74, 6) is 0.193. The van der Waals surface area contributed by atoms with Crippen molar-refractivity contribution in [2.75, 3.05) is 27.3 Å². The van der Waals surface area contributed by atoms with Gasteiger partial charge in [0.25, 0.3) is 5.91 Å². The van der Waals surface area contributed by atoms with Gasteiger partial charge in [-0.25, -0.2) is 4.98 Å². The number of carbonyl (C=O) groups excluding carboxylic acids is 1. The fraction of sp³-hybridized carbons (Fsp3) is 0.273. The number of hydrogen-bond donors (Lipinski definition) is 1. The van der Waals surface area contributed by atoms with Crippen molar-refractivity contribution in [1.29, 1.82) is 5.26 Å². The number of amides is 1. The topological polar surface area (TPSA) is 104 Å². The molecule has 8 nitrogen and oxygen atoms in total. The number of rotatable bonds is 7. The Balaban J connectivity index is 1.81. The SMILES string of the molecule is COCCCN(C)C(=O)c1ccc(-n2ncc(-c3ccc(C#N)cc3C)c2O)nc1. The minimum absolute atomic E-state index is 0.0638. The maximum Gasteiger partial charge on any atom is 0.255 e. The first kappa shape index (κ1) is 21.0. The van der Waals surface area contributed by atoms with Gasteiger partial charge in [-0.15, -0.1) is 0 Å². The smallest absolute Gasteiger partial charge is 0.255 e. The van der Waals surface area contributed by atoms with Gasteiger partial charge in [0.2, 0.25) is 5.88 Å². The number of aryl methyl sites for hydroxylation is 1. The molecule has 0 spiro atoms. The van der Waals surface area contributed by atoms with Crippen molar-refractivity contribution in [2.45, 2.75) is 13.3 Å². The third-order valence-electron chi connectivity index (χ3n) is 4.79. The Morgan fingerprint density at radius 3 is 2.70 bits per heavy atom. The molecule has 0 bridgehead atoms. The molecule has 0 aliphatic rings. The summed E-state index contributed by atoms with van der Waals surface area (Å²) in [6, 6.07) is 10.6. The molecule has 1 amide bonds. The van der Waals surface area contributed by atoms with Gasteiger partial charge in [-0.1, -0.05) is 6.07 Å². The van der Waals surface area contributed by atoms with E-state index >= 15 is 0 Å². The van der Waals surface area contributed by atoms with Crippen LogP contribution >= 0.6 is 0 Å². The Bertz CT molecular complexity index is 1080. The molecular formula is C22H23N5O3. The Morgan fingerprint density at radius 1 is 1.27 bits per heavy atom. The zero-order valence-electron chi connectivity index (χ0n) is 17.2. The lowest BCUT2D eigenvalue weighted by molar-refractivity contribution is 0.0779. The number of nitriles is 1. The minimum atomic E-state index is -0.135. The molecule has 0 aliphatic carbocycles. The maximum atomic E-state index is 12.5. The first-order chi connectivity index (χ1) is 14.5. The molecule has 0 fully saturated rings. The van der Waals surface area contributed by atoms with Crippen LogP contribution in [0.25, 0.3) is 16.9 Å². The standard InChI is InChI=1S/C22H23N5O3/c1-15-11-16(12-23)5-7-18(15)19-14-25-27(22(19)29)20-8-6-17(13-24-20)21(28)26(2)9-4-10-30-3/h5-8,11,13-14,29H,4,9-10H2,1-3H3. The van der Waals surface area contributed by atoms with E-state index in [1.807, 2.05) is 6.92 Å². The van der Waals surface area contributed by atoms with Crippen LogP contribution in [-0.4, -0.2) is 58.0 Å². The fourth-order valence-electron chi connectivity index (χ4n) is 3.14. The molecule has 30 heavy (non-hydrogen) atoms. The third kappa shape index (κ3) is 4.31. The van der Waals surface area contributed by atoms with Crippen LogP contribution in [0.3, 0.4) is 0 Å². The molecule has 154 valence electrons. The van der Waals surface area contributed by atoms with Gasteiger partial charge in [0, 0.05) is 33.5 Å².